The lowest BCUT2D eigenvalue weighted by Gasteiger charge is -2.05. The van der Waals surface area contributed by atoms with Crippen molar-refractivity contribution in [3.8, 4) is 0 Å². The van der Waals surface area contributed by atoms with E-state index in [9.17, 15) is 13.2 Å². The van der Waals surface area contributed by atoms with Gasteiger partial charge < -0.3 is 0 Å². The Morgan fingerprint density at radius 3 is 2.50 bits per heavy atom. The fraction of sp³-hybridized carbons (Fsp3) is 0.154. The highest BCUT2D eigenvalue weighted by atomic mass is 79.9. The number of aryl methyl sites for hydroxylation is 1. The molecule has 0 spiro atoms. The van der Waals surface area contributed by atoms with Crippen LogP contribution in [0.25, 0.3) is 0 Å². The number of rotatable bonds is 5. The van der Waals surface area contributed by atoms with Crippen molar-refractivity contribution in [3.05, 3.63) is 50.6 Å². The summed E-state index contributed by atoms with van der Waals surface area (Å²) in [5.74, 6) is -0.263. The van der Waals surface area contributed by atoms with Crippen LogP contribution in [0.2, 0.25) is 0 Å². The van der Waals surface area contributed by atoms with Crippen LogP contribution < -0.4 is 4.72 Å². The highest BCUT2D eigenvalue weighted by Crippen LogP contribution is 2.29. The first-order chi connectivity index (χ1) is 9.40. The molecule has 1 aromatic heterocycles. The normalized spacial score (nSPS) is 11.5. The van der Waals surface area contributed by atoms with Crippen LogP contribution in [0, 0.1) is 6.92 Å². The zero-order valence-corrected chi connectivity index (χ0v) is 13.8. The number of sulfonamides is 1. The van der Waals surface area contributed by atoms with Crippen LogP contribution in [-0.4, -0.2) is 20.7 Å². The monoisotopic (exact) mass is 373 g/mol. The SMILES string of the molecule is Cc1sc(Br)cc1S(=O)(=O)NCC(=O)c1ccccc1. The molecular weight excluding hydrogens is 362 g/mol. The number of halogens is 1. The van der Waals surface area contributed by atoms with Crippen LogP contribution in [-0.2, 0) is 10.0 Å². The summed E-state index contributed by atoms with van der Waals surface area (Å²) in [7, 11) is -3.66. The Morgan fingerprint density at radius 2 is 1.95 bits per heavy atom. The van der Waals surface area contributed by atoms with E-state index in [0.717, 1.165) is 3.79 Å². The Kier molecular flexibility index (Phi) is 4.74. The Labute approximate surface area is 130 Å². The maximum atomic E-state index is 12.1. The fourth-order valence-corrected chi connectivity index (χ4v) is 5.06. The number of carbonyl (C=O) groups excluding carboxylic acids is 1. The van der Waals surface area contributed by atoms with Gasteiger partial charge in [0.25, 0.3) is 0 Å². The van der Waals surface area contributed by atoms with Gasteiger partial charge >= 0.3 is 0 Å². The molecule has 1 heterocycles. The molecule has 0 amide bonds. The number of Topliss-reactive ketones (excluding diaryl/α,β-unsaturated/α-hetero) is 1. The molecule has 0 bridgehead atoms. The lowest BCUT2D eigenvalue weighted by atomic mass is 10.1. The molecule has 2 rings (SSSR count). The molecule has 2 aromatic rings. The molecule has 20 heavy (non-hydrogen) atoms. The number of hydrogen-bond donors (Lipinski definition) is 1. The van der Waals surface area contributed by atoms with E-state index in [1.807, 2.05) is 0 Å². The van der Waals surface area contributed by atoms with Crippen LogP contribution >= 0.6 is 27.3 Å². The van der Waals surface area contributed by atoms with Crippen molar-refractivity contribution < 1.29 is 13.2 Å². The lowest BCUT2D eigenvalue weighted by Crippen LogP contribution is -2.29. The zero-order chi connectivity index (χ0) is 14.8. The Bertz CT molecular complexity index is 723. The van der Waals surface area contributed by atoms with Gasteiger partial charge in [0, 0.05) is 10.4 Å². The minimum absolute atomic E-state index is 0.204. The van der Waals surface area contributed by atoms with Crippen molar-refractivity contribution in [3.63, 3.8) is 0 Å². The number of nitrogens with one attached hydrogen (secondary N) is 1. The largest absolute Gasteiger partial charge is 0.293 e. The second-order valence-electron chi connectivity index (χ2n) is 4.08. The standard InChI is InChI=1S/C13H12BrNO3S2/c1-9-12(7-13(14)19-9)20(17,18)15-8-11(16)10-5-3-2-4-6-10/h2-7,15H,8H2,1H3. The summed E-state index contributed by atoms with van der Waals surface area (Å²) in [6, 6.07) is 10.1. The molecular formula is C13H12BrNO3S2. The van der Waals surface area contributed by atoms with Gasteiger partial charge in [-0.2, -0.15) is 0 Å². The molecule has 0 saturated heterocycles. The molecule has 0 aliphatic carbocycles. The molecule has 0 aliphatic heterocycles. The summed E-state index contributed by atoms with van der Waals surface area (Å²) in [5.41, 5.74) is 0.485. The van der Waals surface area contributed by atoms with E-state index in [1.54, 1.807) is 37.3 Å². The van der Waals surface area contributed by atoms with Crippen molar-refractivity contribution in [1.29, 1.82) is 0 Å². The van der Waals surface area contributed by atoms with Crippen LogP contribution in [0.4, 0.5) is 0 Å². The number of ketones is 1. The molecule has 4 nitrogen and oxygen atoms in total. The van der Waals surface area contributed by atoms with E-state index in [-0.39, 0.29) is 17.2 Å². The van der Waals surface area contributed by atoms with E-state index < -0.39 is 10.0 Å². The summed E-state index contributed by atoms with van der Waals surface area (Å²) < 4.78 is 27.3. The van der Waals surface area contributed by atoms with Crippen LogP contribution in [0.1, 0.15) is 15.2 Å². The molecule has 1 aromatic carbocycles. The van der Waals surface area contributed by atoms with Crippen molar-refractivity contribution in [2.75, 3.05) is 6.54 Å². The smallest absolute Gasteiger partial charge is 0.242 e. The zero-order valence-electron chi connectivity index (χ0n) is 10.6. The highest BCUT2D eigenvalue weighted by Gasteiger charge is 2.20. The first-order valence-corrected chi connectivity index (χ1v) is 8.83. The van der Waals surface area contributed by atoms with Gasteiger partial charge in [-0.15, -0.1) is 11.3 Å². The predicted molar refractivity (Wildman–Crippen MR) is 82.7 cm³/mol. The van der Waals surface area contributed by atoms with E-state index >= 15 is 0 Å². The number of carbonyl (C=O) groups is 1. The van der Waals surface area contributed by atoms with Crippen LogP contribution in [0.5, 0.6) is 0 Å². The van der Waals surface area contributed by atoms with Crippen molar-refractivity contribution >= 4 is 43.1 Å². The van der Waals surface area contributed by atoms with Gasteiger partial charge in [0.1, 0.15) is 0 Å². The summed E-state index contributed by atoms with van der Waals surface area (Å²) >= 11 is 4.59. The van der Waals surface area contributed by atoms with Crippen molar-refractivity contribution in [1.82, 2.24) is 4.72 Å². The number of hydrogen-bond acceptors (Lipinski definition) is 4. The molecule has 0 unspecified atom stereocenters. The molecule has 0 radical (unpaired) electrons. The molecule has 0 fully saturated rings. The Morgan fingerprint density at radius 1 is 1.30 bits per heavy atom. The first kappa shape index (κ1) is 15.4. The van der Waals surface area contributed by atoms with Gasteiger partial charge in [0.05, 0.1) is 15.2 Å². The summed E-state index contributed by atoms with van der Waals surface area (Å²) in [6.07, 6.45) is 0. The van der Waals surface area contributed by atoms with Crippen LogP contribution in [0.15, 0.2) is 45.1 Å². The quantitative estimate of drug-likeness (QED) is 0.819. The highest BCUT2D eigenvalue weighted by molar-refractivity contribution is 9.11. The van der Waals surface area contributed by atoms with Crippen molar-refractivity contribution in [2.45, 2.75) is 11.8 Å². The molecule has 106 valence electrons. The maximum Gasteiger partial charge on any atom is 0.242 e. The summed E-state index contributed by atoms with van der Waals surface area (Å²) in [6.45, 7) is 1.47. The van der Waals surface area contributed by atoms with Gasteiger partial charge in [-0.05, 0) is 28.9 Å². The predicted octanol–water partition coefficient (Wildman–Crippen LogP) is 2.98. The third-order valence-corrected chi connectivity index (χ3v) is 5.86. The fourth-order valence-electron chi connectivity index (χ4n) is 1.66. The van der Waals surface area contributed by atoms with E-state index in [2.05, 4.69) is 20.7 Å². The second kappa shape index (κ2) is 6.17. The first-order valence-electron chi connectivity index (χ1n) is 5.74. The topological polar surface area (TPSA) is 63.2 Å². The lowest BCUT2D eigenvalue weighted by molar-refractivity contribution is 0.0997. The van der Waals surface area contributed by atoms with Gasteiger partial charge in [0.15, 0.2) is 5.78 Å². The third kappa shape index (κ3) is 3.54. The van der Waals surface area contributed by atoms with Gasteiger partial charge in [-0.3, -0.25) is 4.79 Å². The molecule has 1 N–H and O–H groups in total. The van der Waals surface area contributed by atoms with Crippen molar-refractivity contribution in [2.24, 2.45) is 0 Å². The van der Waals surface area contributed by atoms with Crippen LogP contribution in [0.3, 0.4) is 0 Å². The molecule has 0 saturated carbocycles. The Hall–Kier alpha value is -1.02. The van der Waals surface area contributed by atoms with Gasteiger partial charge in [0.2, 0.25) is 10.0 Å². The minimum Gasteiger partial charge on any atom is -0.293 e. The molecule has 0 atom stereocenters. The minimum atomic E-state index is -3.66. The molecule has 7 heteroatoms. The summed E-state index contributed by atoms with van der Waals surface area (Å²) in [4.78, 5) is 12.8. The van der Waals surface area contributed by atoms with E-state index in [4.69, 9.17) is 0 Å². The number of thiophene rings is 1. The molecule has 0 aliphatic rings. The van der Waals surface area contributed by atoms with E-state index in [1.165, 1.54) is 17.4 Å². The average Bonchev–Trinajstić information content (AvgIpc) is 2.77. The average molecular weight is 374 g/mol. The third-order valence-electron chi connectivity index (χ3n) is 2.65. The van der Waals surface area contributed by atoms with E-state index in [0.29, 0.717) is 10.4 Å². The Balaban J connectivity index is 2.11. The maximum absolute atomic E-state index is 12.1. The second-order valence-corrected chi connectivity index (χ2v) is 8.46. The van der Waals surface area contributed by atoms with Gasteiger partial charge in [-0.25, -0.2) is 13.1 Å². The summed E-state index contributed by atoms with van der Waals surface area (Å²) in [5, 5.41) is 0. The van der Waals surface area contributed by atoms with Gasteiger partial charge in [-0.1, -0.05) is 30.3 Å². The number of benzene rings is 1.